The number of hydrogen-bond donors (Lipinski definition) is 2. The summed E-state index contributed by atoms with van der Waals surface area (Å²) in [4.78, 5) is 30.5. The molecule has 1 atom stereocenters. The van der Waals surface area contributed by atoms with E-state index in [2.05, 4.69) is 15.6 Å². The van der Waals surface area contributed by atoms with Crippen LogP contribution in [0, 0.1) is 5.82 Å². The van der Waals surface area contributed by atoms with E-state index in [-0.39, 0.29) is 17.6 Å². The number of methoxy groups -OCH3 is 1. The van der Waals surface area contributed by atoms with Gasteiger partial charge in [-0.2, -0.15) is 0 Å². The predicted molar refractivity (Wildman–Crippen MR) is 109 cm³/mol. The number of halogens is 1. The van der Waals surface area contributed by atoms with E-state index in [4.69, 9.17) is 4.74 Å². The number of ether oxygens (including phenoxy) is 1. The number of nitrogens with zero attached hydrogens (tertiary/aromatic N) is 1. The van der Waals surface area contributed by atoms with Crippen LogP contribution < -0.4 is 15.4 Å². The number of aromatic nitrogens is 1. The van der Waals surface area contributed by atoms with E-state index in [9.17, 15) is 14.0 Å². The third kappa shape index (κ3) is 4.12. The van der Waals surface area contributed by atoms with Crippen molar-refractivity contribution in [3.63, 3.8) is 0 Å². The first-order valence-corrected chi connectivity index (χ1v) is 9.86. The molecule has 2 N–H and O–H groups in total. The molecule has 0 radical (unpaired) electrons. The molecule has 0 fully saturated rings. The monoisotopic (exact) mass is 411 g/mol. The lowest BCUT2D eigenvalue weighted by Crippen LogP contribution is -2.20. The summed E-state index contributed by atoms with van der Waals surface area (Å²) in [5, 5.41) is 6.06. The van der Waals surface area contributed by atoms with Crippen LogP contribution in [0.1, 0.15) is 33.3 Å². The van der Waals surface area contributed by atoms with E-state index in [1.54, 1.807) is 31.4 Å². The lowest BCUT2D eigenvalue weighted by molar-refractivity contribution is -0.117. The van der Waals surface area contributed by atoms with Crippen molar-refractivity contribution in [1.82, 2.24) is 4.98 Å². The first-order chi connectivity index (χ1) is 14.0. The lowest BCUT2D eigenvalue weighted by Gasteiger charge is -2.10. The Labute approximate surface area is 170 Å². The lowest BCUT2D eigenvalue weighted by atomic mass is 10.1. The van der Waals surface area contributed by atoms with Gasteiger partial charge in [0, 0.05) is 16.1 Å². The molecule has 0 bridgehead atoms. The molecule has 0 aliphatic heterocycles. The second-order valence-corrected chi connectivity index (χ2v) is 7.68. The number of nitrogens with one attached hydrogen (secondary N) is 2. The summed E-state index contributed by atoms with van der Waals surface area (Å²) in [6.07, 6.45) is 1.39. The standard InChI is InChI=1S/C21H18FN3O3S/c1-28-15-8-2-12(3-9-15)19(26)25-21-24-18-16(10-11-17(18)29-21)20(27)23-14-6-4-13(22)5-7-14/h2-9,16H,10-11H2,1H3,(H,23,27)(H,24,25,26). The molecule has 4 rings (SSSR count). The summed E-state index contributed by atoms with van der Waals surface area (Å²) in [5.74, 6) is -0.535. The maximum absolute atomic E-state index is 13.0. The first kappa shape index (κ1) is 19.1. The van der Waals surface area contributed by atoms with E-state index in [0.29, 0.717) is 34.2 Å². The molecule has 1 heterocycles. The van der Waals surface area contributed by atoms with Gasteiger partial charge in [-0.1, -0.05) is 0 Å². The van der Waals surface area contributed by atoms with E-state index in [0.717, 1.165) is 11.3 Å². The zero-order valence-corrected chi connectivity index (χ0v) is 16.4. The highest BCUT2D eigenvalue weighted by Crippen LogP contribution is 2.39. The number of thiazole rings is 1. The molecular formula is C21H18FN3O3S. The van der Waals surface area contributed by atoms with Crippen LogP contribution in [0.3, 0.4) is 0 Å². The highest BCUT2D eigenvalue weighted by atomic mass is 32.1. The summed E-state index contributed by atoms with van der Waals surface area (Å²) in [7, 11) is 1.56. The molecule has 8 heteroatoms. The molecule has 0 spiro atoms. The van der Waals surface area contributed by atoms with Crippen LogP contribution in [0.4, 0.5) is 15.2 Å². The van der Waals surface area contributed by atoms with E-state index in [1.165, 1.54) is 35.6 Å². The minimum Gasteiger partial charge on any atom is -0.497 e. The number of carbonyl (C=O) groups is 2. The van der Waals surface area contributed by atoms with Gasteiger partial charge in [-0.15, -0.1) is 11.3 Å². The van der Waals surface area contributed by atoms with Crippen molar-refractivity contribution in [2.75, 3.05) is 17.7 Å². The third-order valence-corrected chi connectivity index (χ3v) is 5.76. The van der Waals surface area contributed by atoms with Gasteiger partial charge in [-0.25, -0.2) is 9.37 Å². The maximum Gasteiger partial charge on any atom is 0.257 e. The number of hydrogen-bond acceptors (Lipinski definition) is 5. The van der Waals surface area contributed by atoms with E-state index in [1.807, 2.05) is 0 Å². The number of rotatable bonds is 5. The van der Waals surface area contributed by atoms with Gasteiger partial charge in [0.15, 0.2) is 5.13 Å². The molecule has 1 aromatic heterocycles. The molecule has 1 unspecified atom stereocenters. The Morgan fingerprint density at radius 3 is 2.52 bits per heavy atom. The topological polar surface area (TPSA) is 80.3 Å². The van der Waals surface area contributed by atoms with Crippen LogP contribution in [-0.4, -0.2) is 23.9 Å². The van der Waals surface area contributed by atoms with Gasteiger partial charge in [-0.05, 0) is 61.4 Å². The maximum atomic E-state index is 13.0. The number of carbonyl (C=O) groups excluding carboxylic acids is 2. The molecule has 0 saturated carbocycles. The zero-order valence-electron chi connectivity index (χ0n) is 15.6. The molecule has 2 aromatic carbocycles. The Bertz CT molecular complexity index is 1050. The van der Waals surface area contributed by atoms with Gasteiger partial charge >= 0.3 is 0 Å². The van der Waals surface area contributed by atoms with Crippen molar-refractivity contribution < 1.29 is 18.7 Å². The first-order valence-electron chi connectivity index (χ1n) is 9.05. The van der Waals surface area contributed by atoms with Crippen LogP contribution in [0.25, 0.3) is 0 Å². The van der Waals surface area contributed by atoms with Gasteiger partial charge in [0.05, 0.1) is 18.7 Å². The summed E-state index contributed by atoms with van der Waals surface area (Å²) >= 11 is 1.38. The van der Waals surface area contributed by atoms with Crippen molar-refractivity contribution in [2.45, 2.75) is 18.8 Å². The molecular weight excluding hydrogens is 393 g/mol. The van der Waals surface area contributed by atoms with Crippen LogP contribution >= 0.6 is 11.3 Å². The van der Waals surface area contributed by atoms with E-state index >= 15 is 0 Å². The minimum atomic E-state index is -0.391. The van der Waals surface area contributed by atoms with Crippen LogP contribution in [0.5, 0.6) is 5.75 Å². The fourth-order valence-electron chi connectivity index (χ4n) is 3.21. The predicted octanol–water partition coefficient (Wildman–Crippen LogP) is 4.21. The smallest absolute Gasteiger partial charge is 0.257 e. The number of amides is 2. The van der Waals surface area contributed by atoms with Gasteiger partial charge in [-0.3, -0.25) is 14.9 Å². The quantitative estimate of drug-likeness (QED) is 0.659. The summed E-state index contributed by atoms with van der Waals surface area (Å²) in [6, 6.07) is 12.4. The Kier molecular flexibility index (Phi) is 5.26. The minimum absolute atomic E-state index is 0.186. The summed E-state index contributed by atoms with van der Waals surface area (Å²) in [6.45, 7) is 0. The zero-order chi connectivity index (χ0) is 20.4. The largest absolute Gasteiger partial charge is 0.497 e. The third-order valence-electron chi connectivity index (χ3n) is 4.72. The SMILES string of the molecule is COc1ccc(C(=O)Nc2nc3c(s2)CCC3C(=O)Nc2ccc(F)cc2)cc1. The van der Waals surface area contributed by atoms with Crippen molar-refractivity contribution >= 4 is 34.0 Å². The molecule has 148 valence electrons. The average molecular weight is 411 g/mol. The van der Waals surface area contributed by atoms with Crippen LogP contribution in [0.2, 0.25) is 0 Å². The number of benzene rings is 2. The number of anilines is 2. The van der Waals surface area contributed by atoms with Gasteiger partial charge < -0.3 is 10.1 Å². The molecule has 1 aliphatic carbocycles. The normalized spacial score (nSPS) is 14.9. The summed E-state index contributed by atoms with van der Waals surface area (Å²) in [5.41, 5.74) is 1.72. The summed E-state index contributed by atoms with van der Waals surface area (Å²) < 4.78 is 18.1. The highest BCUT2D eigenvalue weighted by molar-refractivity contribution is 7.16. The van der Waals surface area contributed by atoms with E-state index < -0.39 is 5.92 Å². The average Bonchev–Trinajstić information content (AvgIpc) is 3.29. The Hall–Kier alpha value is -3.26. The fraction of sp³-hybridized carbons (Fsp3) is 0.190. The molecule has 2 amide bonds. The Morgan fingerprint density at radius 1 is 1.10 bits per heavy atom. The number of fused-ring (bicyclic) bond motifs is 1. The molecule has 0 saturated heterocycles. The molecule has 1 aliphatic rings. The molecule has 6 nitrogen and oxygen atoms in total. The van der Waals surface area contributed by atoms with Crippen LogP contribution in [0.15, 0.2) is 48.5 Å². The molecule has 3 aromatic rings. The van der Waals surface area contributed by atoms with Crippen molar-refractivity contribution in [2.24, 2.45) is 0 Å². The highest BCUT2D eigenvalue weighted by Gasteiger charge is 2.33. The Morgan fingerprint density at radius 2 is 1.83 bits per heavy atom. The number of aryl methyl sites for hydroxylation is 1. The van der Waals surface area contributed by atoms with Crippen molar-refractivity contribution in [3.05, 3.63) is 70.5 Å². The molecule has 29 heavy (non-hydrogen) atoms. The Balaban J connectivity index is 1.44. The second-order valence-electron chi connectivity index (χ2n) is 6.60. The van der Waals surface area contributed by atoms with Crippen molar-refractivity contribution in [3.8, 4) is 5.75 Å². The fourth-order valence-corrected chi connectivity index (χ4v) is 4.24. The van der Waals surface area contributed by atoms with Crippen molar-refractivity contribution in [1.29, 1.82) is 0 Å². The van der Waals surface area contributed by atoms with Gasteiger partial charge in [0.2, 0.25) is 5.91 Å². The van der Waals surface area contributed by atoms with Gasteiger partial charge in [0.25, 0.3) is 5.91 Å². The second kappa shape index (κ2) is 8.00. The van der Waals surface area contributed by atoms with Crippen LogP contribution in [-0.2, 0) is 11.2 Å². The van der Waals surface area contributed by atoms with Gasteiger partial charge in [0.1, 0.15) is 11.6 Å².